The van der Waals surface area contributed by atoms with E-state index in [1.54, 1.807) is 6.92 Å². The van der Waals surface area contributed by atoms with Crippen LogP contribution in [0.4, 0.5) is 0 Å². The number of aromatic nitrogens is 3. The van der Waals surface area contributed by atoms with Crippen LogP contribution in [0, 0.1) is 0 Å². The zero-order chi connectivity index (χ0) is 16.5. The molecule has 23 heavy (non-hydrogen) atoms. The number of aromatic amines is 1. The number of unbranched alkanes of at least 4 members (excludes halogenated alkanes) is 2. The zero-order valence-corrected chi connectivity index (χ0v) is 13.7. The fourth-order valence-electron chi connectivity index (χ4n) is 2.18. The van der Waals surface area contributed by atoms with Crippen LogP contribution >= 0.6 is 0 Å². The monoisotopic (exact) mass is 317 g/mol. The van der Waals surface area contributed by atoms with Gasteiger partial charge < -0.3 is 9.47 Å². The highest BCUT2D eigenvalue weighted by Crippen LogP contribution is 2.21. The van der Waals surface area contributed by atoms with Crippen molar-refractivity contribution in [1.82, 2.24) is 15.4 Å². The van der Waals surface area contributed by atoms with Crippen LogP contribution in [0.2, 0.25) is 0 Å². The average molecular weight is 317 g/mol. The van der Waals surface area contributed by atoms with Gasteiger partial charge in [-0.05, 0) is 18.9 Å². The number of esters is 1. The minimum atomic E-state index is -0.473. The predicted octanol–water partition coefficient (Wildman–Crippen LogP) is 3.36. The Bertz CT molecular complexity index is 608. The molecule has 1 heterocycles. The van der Waals surface area contributed by atoms with Crippen LogP contribution in [0.5, 0.6) is 0 Å². The first-order valence-electron chi connectivity index (χ1n) is 8.01. The summed E-state index contributed by atoms with van der Waals surface area (Å²) < 4.78 is 10.6. The third kappa shape index (κ3) is 4.89. The maximum Gasteiger partial charge on any atom is 0.361 e. The minimum absolute atomic E-state index is 0.204. The summed E-state index contributed by atoms with van der Waals surface area (Å²) in [5, 5.41) is 10.4. The zero-order valence-electron chi connectivity index (χ0n) is 13.7. The molecule has 1 aromatic heterocycles. The molecule has 0 radical (unpaired) electrons. The van der Waals surface area contributed by atoms with Gasteiger partial charge in [-0.1, -0.05) is 44.0 Å². The molecule has 6 nitrogen and oxygen atoms in total. The van der Waals surface area contributed by atoms with Crippen LogP contribution < -0.4 is 0 Å². The van der Waals surface area contributed by atoms with Crippen molar-refractivity contribution in [1.29, 1.82) is 0 Å². The number of hydrogen-bond donors (Lipinski definition) is 1. The number of benzene rings is 1. The maximum absolute atomic E-state index is 11.8. The van der Waals surface area contributed by atoms with Gasteiger partial charge >= 0.3 is 5.97 Å². The molecule has 0 saturated carbocycles. The van der Waals surface area contributed by atoms with Gasteiger partial charge in [0.2, 0.25) is 0 Å². The number of H-pyrrole nitrogens is 1. The summed E-state index contributed by atoms with van der Waals surface area (Å²) in [7, 11) is 0. The molecule has 0 amide bonds. The molecule has 2 rings (SSSR count). The highest BCUT2D eigenvalue weighted by molar-refractivity contribution is 5.93. The molecule has 0 aliphatic carbocycles. The van der Waals surface area contributed by atoms with Crippen molar-refractivity contribution in [3.05, 3.63) is 35.5 Å². The number of rotatable bonds is 9. The van der Waals surface area contributed by atoms with Crippen LogP contribution in [-0.4, -0.2) is 34.6 Å². The van der Waals surface area contributed by atoms with E-state index in [0.29, 0.717) is 18.9 Å². The second-order valence-electron chi connectivity index (χ2n) is 5.20. The van der Waals surface area contributed by atoms with Gasteiger partial charge in [-0.25, -0.2) is 4.79 Å². The number of hydrogen-bond acceptors (Lipinski definition) is 5. The number of ether oxygens (including phenoxy) is 2. The van der Waals surface area contributed by atoms with Gasteiger partial charge in [-0.15, -0.1) is 5.10 Å². The second kappa shape index (κ2) is 9.05. The van der Waals surface area contributed by atoms with Gasteiger partial charge in [-0.2, -0.15) is 10.3 Å². The van der Waals surface area contributed by atoms with Gasteiger partial charge in [0.05, 0.1) is 13.2 Å². The molecule has 0 bridgehead atoms. The van der Waals surface area contributed by atoms with E-state index in [1.165, 1.54) is 12.8 Å². The van der Waals surface area contributed by atoms with Crippen molar-refractivity contribution >= 4 is 5.97 Å². The van der Waals surface area contributed by atoms with E-state index in [0.717, 1.165) is 24.2 Å². The Balaban J connectivity index is 1.97. The molecule has 0 atom stereocenters. The summed E-state index contributed by atoms with van der Waals surface area (Å²) in [5.41, 5.74) is 2.61. The fourth-order valence-corrected chi connectivity index (χ4v) is 2.18. The van der Waals surface area contributed by atoms with Crippen molar-refractivity contribution in [2.45, 2.75) is 39.7 Å². The Kier molecular flexibility index (Phi) is 6.75. The van der Waals surface area contributed by atoms with Crippen molar-refractivity contribution in [3.63, 3.8) is 0 Å². The minimum Gasteiger partial charge on any atom is -0.461 e. The quantitative estimate of drug-likeness (QED) is 0.567. The van der Waals surface area contributed by atoms with Crippen LogP contribution in [-0.2, 0) is 16.1 Å². The third-order valence-corrected chi connectivity index (χ3v) is 3.41. The highest BCUT2D eigenvalue weighted by atomic mass is 16.5. The van der Waals surface area contributed by atoms with Gasteiger partial charge in [0.25, 0.3) is 0 Å². The molecule has 6 heteroatoms. The normalized spacial score (nSPS) is 10.7. The molecule has 1 aromatic carbocycles. The van der Waals surface area contributed by atoms with Gasteiger partial charge in [-0.3, -0.25) is 0 Å². The van der Waals surface area contributed by atoms with E-state index in [1.807, 2.05) is 24.3 Å². The van der Waals surface area contributed by atoms with Crippen LogP contribution in [0.15, 0.2) is 24.3 Å². The Morgan fingerprint density at radius 1 is 1.13 bits per heavy atom. The van der Waals surface area contributed by atoms with E-state index in [-0.39, 0.29) is 5.69 Å². The Morgan fingerprint density at radius 3 is 2.61 bits per heavy atom. The number of carbonyl (C=O) groups is 1. The van der Waals surface area contributed by atoms with Gasteiger partial charge in [0.15, 0.2) is 5.69 Å². The van der Waals surface area contributed by atoms with Crippen molar-refractivity contribution in [2.24, 2.45) is 0 Å². The summed E-state index contributed by atoms with van der Waals surface area (Å²) in [5.74, 6) is -0.473. The molecule has 0 spiro atoms. The van der Waals surface area contributed by atoms with E-state index in [4.69, 9.17) is 9.47 Å². The van der Waals surface area contributed by atoms with Crippen LogP contribution in [0.1, 0.15) is 49.2 Å². The van der Waals surface area contributed by atoms with Crippen molar-refractivity contribution in [2.75, 3.05) is 13.2 Å². The van der Waals surface area contributed by atoms with E-state index < -0.39 is 5.97 Å². The second-order valence-corrected chi connectivity index (χ2v) is 5.20. The number of carbonyl (C=O) groups excluding carboxylic acids is 1. The highest BCUT2D eigenvalue weighted by Gasteiger charge is 2.18. The lowest BCUT2D eigenvalue weighted by atomic mass is 10.1. The van der Waals surface area contributed by atoms with Gasteiger partial charge in [0.1, 0.15) is 5.69 Å². The molecular weight excluding hydrogens is 294 g/mol. The lowest BCUT2D eigenvalue weighted by Crippen LogP contribution is -2.06. The first-order valence-corrected chi connectivity index (χ1v) is 8.01. The third-order valence-electron chi connectivity index (χ3n) is 3.41. The van der Waals surface area contributed by atoms with E-state index in [9.17, 15) is 4.79 Å². The summed E-state index contributed by atoms with van der Waals surface area (Å²) >= 11 is 0. The molecular formula is C17H23N3O3. The summed E-state index contributed by atoms with van der Waals surface area (Å²) in [6.07, 6.45) is 3.48. The topological polar surface area (TPSA) is 77.1 Å². The first-order chi connectivity index (χ1) is 11.3. The lowest BCUT2D eigenvalue weighted by Gasteiger charge is -2.05. The fraction of sp³-hybridized carbons (Fsp3) is 0.471. The lowest BCUT2D eigenvalue weighted by molar-refractivity contribution is 0.0520. The smallest absolute Gasteiger partial charge is 0.361 e. The first kappa shape index (κ1) is 17.1. The Labute approximate surface area is 136 Å². The largest absolute Gasteiger partial charge is 0.461 e. The average Bonchev–Trinajstić information content (AvgIpc) is 3.05. The van der Waals surface area contributed by atoms with Crippen molar-refractivity contribution in [3.8, 4) is 11.3 Å². The molecule has 0 fully saturated rings. The molecule has 124 valence electrons. The number of nitrogens with zero attached hydrogens (tertiary/aromatic N) is 2. The molecule has 0 saturated heterocycles. The molecule has 0 aliphatic heterocycles. The summed E-state index contributed by atoms with van der Waals surface area (Å²) in [6, 6.07) is 7.76. The Hall–Kier alpha value is -2.21. The predicted molar refractivity (Wildman–Crippen MR) is 87.0 cm³/mol. The molecule has 1 N–H and O–H groups in total. The maximum atomic E-state index is 11.8. The van der Waals surface area contributed by atoms with Gasteiger partial charge in [0, 0.05) is 12.2 Å². The van der Waals surface area contributed by atoms with Crippen molar-refractivity contribution < 1.29 is 14.3 Å². The Morgan fingerprint density at radius 2 is 1.91 bits per heavy atom. The molecule has 2 aromatic rings. The SMILES string of the molecule is CCCCCOCc1ccc(-c2n[nH]nc2C(=O)OCC)cc1. The van der Waals surface area contributed by atoms with Crippen LogP contribution in [0.25, 0.3) is 11.3 Å². The summed E-state index contributed by atoms with van der Waals surface area (Å²) in [4.78, 5) is 11.8. The molecule has 0 unspecified atom stereocenters. The number of nitrogens with one attached hydrogen (secondary N) is 1. The molecule has 0 aliphatic rings. The van der Waals surface area contributed by atoms with E-state index >= 15 is 0 Å². The van der Waals surface area contributed by atoms with E-state index in [2.05, 4.69) is 22.3 Å². The standard InChI is InChI=1S/C17H23N3O3/c1-3-5-6-11-22-12-13-7-9-14(10-8-13)15-16(19-20-18-15)17(21)23-4-2/h7-10H,3-6,11-12H2,1-2H3,(H,18,19,20). The van der Waals surface area contributed by atoms with Crippen LogP contribution in [0.3, 0.4) is 0 Å². The summed E-state index contributed by atoms with van der Waals surface area (Å²) in [6.45, 7) is 5.61.